The molecule has 152 valence electrons. The van der Waals surface area contributed by atoms with E-state index in [4.69, 9.17) is 4.98 Å². The first kappa shape index (κ1) is 18.9. The standard InChI is InChI=1S/C24H21N7/c1-25-21-5-3-18-15-31(16-19(18)14-21)24-28-13-9-22(30-24)23-27-12-8-20(29-23)4-2-17-6-10-26-11-7-17/h2-14,25H,15-16H2,1H3/b4-2+. The fourth-order valence-electron chi connectivity index (χ4n) is 3.56. The smallest absolute Gasteiger partial charge is 0.226 e. The van der Waals surface area contributed by atoms with Crippen LogP contribution in [-0.2, 0) is 13.1 Å². The van der Waals surface area contributed by atoms with Gasteiger partial charge < -0.3 is 10.2 Å². The van der Waals surface area contributed by atoms with Gasteiger partial charge in [0.1, 0.15) is 5.69 Å². The lowest BCUT2D eigenvalue weighted by atomic mass is 10.1. The van der Waals surface area contributed by atoms with E-state index in [0.29, 0.717) is 17.5 Å². The summed E-state index contributed by atoms with van der Waals surface area (Å²) in [6.07, 6.45) is 11.0. The third-order valence-corrected chi connectivity index (χ3v) is 5.20. The molecule has 5 rings (SSSR count). The van der Waals surface area contributed by atoms with Crippen LogP contribution in [0.3, 0.4) is 0 Å². The Bertz CT molecular complexity index is 1240. The second-order valence-corrected chi connectivity index (χ2v) is 7.25. The number of hydrogen-bond donors (Lipinski definition) is 1. The van der Waals surface area contributed by atoms with Gasteiger partial charge in [0.05, 0.1) is 5.69 Å². The summed E-state index contributed by atoms with van der Waals surface area (Å²) in [5.74, 6) is 1.26. The molecule has 0 saturated carbocycles. The normalized spacial score (nSPS) is 12.9. The lowest BCUT2D eigenvalue weighted by Crippen LogP contribution is -2.17. The fraction of sp³-hybridized carbons (Fsp3) is 0.125. The van der Waals surface area contributed by atoms with E-state index in [0.717, 1.165) is 30.0 Å². The highest BCUT2D eigenvalue weighted by Gasteiger charge is 2.22. The Morgan fingerprint density at radius 1 is 0.839 bits per heavy atom. The largest absolute Gasteiger partial charge is 0.388 e. The second-order valence-electron chi connectivity index (χ2n) is 7.25. The van der Waals surface area contributed by atoms with Gasteiger partial charge in [0.25, 0.3) is 0 Å². The van der Waals surface area contributed by atoms with Crippen molar-refractivity contribution >= 4 is 23.8 Å². The van der Waals surface area contributed by atoms with Crippen molar-refractivity contribution in [3.8, 4) is 11.5 Å². The number of rotatable bonds is 5. The lowest BCUT2D eigenvalue weighted by molar-refractivity contribution is 0.828. The predicted octanol–water partition coefficient (Wildman–Crippen LogP) is 4.06. The van der Waals surface area contributed by atoms with E-state index in [1.54, 1.807) is 24.8 Å². The topological polar surface area (TPSA) is 79.7 Å². The SMILES string of the molecule is CNc1ccc2c(c1)CN(c1nccc(-c3nccc(/C=C/c4ccncc4)n3)n1)C2. The van der Waals surface area contributed by atoms with E-state index in [1.807, 2.05) is 43.5 Å². The van der Waals surface area contributed by atoms with Crippen molar-refractivity contribution in [3.05, 3.63) is 89.6 Å². The Morgan fingerprint density at radius 2 is 1.68 bits per heavy atom. The first-order chi connectivity index (χ1) is 15.3. The lowest BCUT2D eigenvalue weighted by Gasteiger charge is -2.15. The molecule has 0 saturated heterocycles. The maximum Gasteiger partial charge on any atom is 0.226 e. The number of nitrogens with zero attached hydrogens (tertiary/aromatic N) is 6. The van der Waals surface area contributed by atoms with E-state index < -0.39 is 0 Å². The van der Waals surface area contributed by atoms with Crippen molar-refractivity contribution in [1.29, 1.82) is 0 Å². The minimum atomic E-state index is 0.578. The molecule has 1 aromatic carbocycles. The van der Waals surface area contributed by atoms with Gasteiger partial charge in [-0.1, -0.05) is 12.1 Å². The summed E-state index contributed by atoms with van der Waals surface area (Å²) in [5.41, 5.74) is 6.29. The maximum absolute atomic E-state index is 4.75. The van der Waals surface area contributed by atoms with E-state index >= 15 is 0 Å². The van der Waals surface area contributed by atoms with Crippen LogP contribution in [-0.4, -0.2) is 32.0 Å². The second kappa shape index (κ2) is 8.31. The van der Waals surface area contributed by atoms with Crippen molar-refractivity contribution in [3.63, 3.8) is 0 Å². The molecule has 4 heterocycles. The Hall–Kier alpha value is -4.13. The van der Waals surface area contributed by atoms with Crippen LogP contribution in [0.4, 0.5) is 11.6 Å². The molecule has 0 unspecified atom stereocenters. The van der Waals surface area contributed by atoms with Gasteiger partial charge in [-0.2, -0.15) is 0 Å². The molecule has 1 N–H and O–H groups in total. The number of aromatic nitrogens is 5. The van der Waals surface area contributed by atoms with Crippen LogP contribution in [0.1, 0.15) is 22.4 Å². The monoisotopic (exact) mass is 407 g/mol. The minimum Gasteiger partial charge on any atom is -0.388 e. The van der Waals surface area contributed by atoms with Gasteiger partial charge in [-0.25, -0.2) is 19.9 Å². The highest BCUT2D eigenvalue weighted by Crippen LogP contribution is 2.28. The van der Waals surface area contributed by atoms with Gasteiger partial charge in [0.2, 0.25) is 5.95 Å². The average Bonchev–Trinajstić information content (AvgIpc) is 3.27. The molecule has 0 amide bonds. The summed E-state index contributed by atoms with van der Waals surface area (Å²) in [6, 6.07) is 14.1. The van der Waals surface area contributed by atoms with Crippen LogP contribution in [0.2, 0.25) is 0 Å². The van der Waals surface area contributed by atoms with Gasteiger partial charge in [-0.15, -0.1) is 0 Å². The zero-order valence-corrected chi connectivity index (χ0v) is 17.1. The summed E-state index contributed by atoms with van der Waals surface area (Å²) in [4.78, 5) is 24.5. The quantitative estimate of drug-likeness (QED) is 0.534. The summed E-state index contributed by atoms with van der Waals surface area (Å²) in [6.45, 7) is 1.57. The Kier molecular flexibility index (Phi) is 5.06. The van der Waals surface area contributed by atoms with Crippen LogP contribution in [0.5, 0.6) is 0 Å². The summed E-state index contributed by atoms with van der Waals surface area (Å²) in [7, 11) is 1.93. The highest BCUT2D eigenvalue weighted by molar-refractivity contribution is 5.68. The zero-order chi connectivity index (χ0) is 21.0. The molecule has 0 aliphatic carbocycles. The maximum atomic E-state index is 4.75. The predicted molar refractivity (Wildman–Crippen MR) is 122 cm³/mol. The van der Waals surface area contributed by atoms with Crippen molar-refractivity contribution in [2.75, 3.05) is 17.3 Å². The van der Waals surface area contributed by atoms with Crippen molar-refractivity contribution < 1.29 is 0 Å². The molecule has 4 aromatic rings. The van der Waals surface area contributed by atoms with Crippen LogP contribution < -0.4 is 10.2 Å². The number of anilines is 2. The molecule has 7 heteroatoms. The molecule has 0 bridgehead atoms. The summed E-state index contributed by atoms with van der Waals surface area (Å²) >= 11 is 0. The van der Waals surface area contributed by atoms with Gasteiger partial charge in [0.15, 0.2) is 5.82 Å². The summed E-state index contributed by atoms with van der Waals surface area (Å²) in [5, 5.41) is 3.19. The first-order valence-electron chi connectivity index (χ1n) is 10.1. The van der Waals surface area contributed by atoms with E-state index in [-0.39, 0.29) is 0 Å². The van der Waals surface area contributed by atoms with Crippen molar-refractivity contribution in [1.82, 2.24) is 24.9 Å². The molecular formula is C24H21N7. The Labute approximate surface area is 180 Å². The fourth-order valence-corrected chi connectivity index (χ4v) is 3.56. The van der Waals surface area contributed by atoms with Crippen LogP contribution in [0.15, 0.2) is 67.3 Å². The molecular weight excluding hydrogens is 386 g/mol. The minimum absolute atomic E-state index is 0.578. The molecule has 31 heavy (non-hydrogen) atoms. The highest BCUT2D eigenvalue weighted by atomic mass is 15.3. The molecule has 0 fully saturated rings. The number of nitrogens with one attached hydrogen (secondary N) is 1. The van der Waals surface area contributed by atoms with Crippen molar-refractivity contribution in [2.45, 2.75) is 13.1 Å². The molecule has 1 aliphatic rings. The van der Waals surface area contributed by atoms with Gasteiger partial charge in [0, 0.05) is 50.6 Å². The molecule has 0 radical (unpaired) electrons. The molecule has 7 nitrogen and oxygen atoms in total. The zero-order valence-electron chi connectivity index (χ0n) is 17.1. The van der Waals surface area contributed by atoms with Crippen molar-refractivity contribution in [2.24, 2.45) is 0 Å². The number of fused-ring (bicyclic) bond motifs is 1. The number of pyridine rings is 1. The molecule has 0 spiro atoms. The number of hydrogen-bond acceptors (Lipinski definition) is 7. The number of benzene rings is 1. The molecule has 0 atom stereocenters. The van der Waals surface area contributed by atoms with Crippen LogP contribution in [0.25, 0.3) is 23.7 Å². The Balaban J connectivity index is 1.38. The van der Waals surface area contributed by atoms with Gasteiger partial charge in [-0.3, -0.25) is 4.98 Å². The van der Waals surface area contributed by atoms with E-state index in [2.05, 4.69) is 48.4 Å². The average molecular weight is 407 g/mol. The first-order valence-corrected chi connectivity index (χ1v) is 10.1. The molecule has 1 aliphatic heterocycles. The van der Waals surface area contributed by atoms with Gasteiger partial charge in [-0.05, 0) is 59.2 Å². The molecule has 3 aromatic heterocycles. The third-order valence-electron chi connectivity index (χ3n) is 5.20. The van der Waals surface area contributed by atoms with E-state index in [9.17, 15) is 0 Å². The van der Waals surface area contributed by atoms with Gasteiger partial charge >= 0.3 is 0 Å². The Morgan fingerprint density at radius 3 is 2.55 bits per heavy atom. The van der Waals surface area contributed by atoms with Crippen LogP contribution in [0, 0.1) is 0 Å². The van der Waals surface area contributed by atoms with E-state index in [1.165, 1.54) is 11.1 Å². The third kappa shape index (κ3) is 4.11. The van der Waals surface area contributed by atoms with Crippen LogP contribution >= 0.6 is 0 Å². The summed E-state index contributed by atoms with van der Waals surface area (Å²) < 4.78 is 0.